The van der Waals surface area contributed by atoms with Crippen LogP contribution in [0.4, 0.5) is 0 Å². The van der Waals surface area contributed by atoms with Crippen LogP contribution in [-0.4, -0.2) is 58.7 Å². The van der Waals surface area contributed by atoms with Gasteiger partial charge in [-0.2, -0.15) is 0 Å². The third kappa shape index (κ3) is 5.28. The van der Waals surface area contributed by atoms with Crippen molar-refractivity contribution in [3.63, 3.8) is 0 Å². The molecule has 1 saturated heterocycles. The Morgan fingerprint density at radius 2 is 2.00 bits per heavy atom. The Morgan fingerprint density at radius 1 is 1.19 bits per heavy atom. The van der Waals surface area contributed by atoms with Crippen LogP contribution in [0.15, 0.2) is 60.0 Å². The predicted molar refractivity (Wildman–Crippen MR) is 138 cm³/mol. The molecule has 1 N–H and O–H groups in total. The van der Waals surface area contributed by atoms with Crippen LogP contribution in [0.2, 0.25) is 0 Å². The molecular formula is C28H32N4O4. The van der Waals surface area contributed by atoms with Crippen molar-refractivity contribution in [3.8, 4) is 22.9 Å². The molecular weight excluding hydrogens is 456 g/mol. The predicted octanol–water partition coefficient (Wildman–Crippen LogP) is 4.89. The van der Waals surface area contributed by atoms with Crippen LogP contribution >= 0.6 is 0 Å². The standard InChI is InChI=1S/C28H32N4O4/c1-18-13-20(28(33)32-11-4-5-12-32)8-9-25(18)36-23-15-21(14-22(16-23)35-19(2)17-34-3)26-30-24-7-6-10-29-27(24)31-26/h6-10,14-16,18-19H,4-5,11-13,17H2,1-3H3,(H,29,30,31)/t18?,19-/m0/s1. The average molecular weight is 489 g/mol. The summed E-state index contributed by atoms with van der Waals surface area (Å²) in [6.07, 6.45) is 8.25. The lowest BCUT2D eigenvalue weighted by Crippen LogP contribution is -2.30. The molecule has 2 aliphatic rings. The van der Waals surface area contributed by atoms with Crippen LogP contribution in [0.5, 0.6) is 11.5 Å². The molecule has 0 spiro atoms. The molecule has 1 aliphatic carbocycles. The van der Waals surface area contributed by atoms with Gasteiger partial charge in [0.1, 0.15) is 29.2 Å². The Labute approximate surface area is 211 Å². The van der Waals surface area contributed by atoms with E-state index < -0.39 is 0 Å². The third-order valence-electron chi connectivity index (χ3n) is 6.51. The number of rotatable bonds is 8. The Bertz CT molecular complexity index is 1270. The van der Waals surface area contributed by atoms with Crippen molar-refractivity contribution in [1.29, 1.82) is 0 Å². The number of aromatic nitrogens is 3. The molecule has 5 rings (SSSR count). The maximum atomic E-state index is 12.8. The zero-order chi connectivity index (χ0) is 25.1. The number of allylic oxidation sites excluding steroid dienone is 3. The zero-order valence-electron chi connectivity index (χ0n) is 21.0. The molecule has 3 aromatic rings. The zero-order valence-corrected chi connectivity index (χ0v) is 21.0. The number of H-pyrrole nitrogens is 1. The van der Waals surface area contributed by atoms with Gasteiger partial charge in [-0.05, 0) is 56.5 Å². The number of hydrogen-bond donors (Lipinski definition) is 1. The lowest BCUT2D eigenvalue weighted by atomic mass is 9.93. The van der Waals surface area contributed by atoms with E-state index in [1.807, 2.05) is 54.3 Å². The molecule has 0 bridgehead atoms. The summed E-state index contributed by atoms with van der Waals surface area (Å²) in [7, 11) is 1.65. The number of benzene rings is 1. The van der Waals surface area contributed by atoms with Gasteiger partial charge in [0.25, 0.3) is 0 Å². The third-order valence-corrected chi connectivity index (χ3v) is 6.51. The summed E-state index contributed by atoms with van der Waals surface area (Å²) in [6.45, 7) is 6.22. The van der Waals surface area contributed by atoms with Crippen LogP contribution in [0.1, 0.15) is 33.1 Å². The second-order valence-electron chi connectivity index (χ2n) is 9.50. The number of methoxy groups -OCH3 is 1. The fourth-order valence-corrected chi connectivity index (χ4v) is 4.72. The topological polar surface area (TPSA) is 89.6 Å². The summed E-state index contributed by atoms with van der Waals surface area (Å²) in [5.74, 6) is 3.02. The van der Waals surface area contributed by atoms with Gasteiger partial charge in [-0.25, -0.2) is 9.97 Å². The number of carbonyl (C=O) groups is 1. The Hall–Kier alpha value is -3.65. The van der Waals surface area contributed by atoms with E-state index in [1.54, 1.807) is 13.3 Å². The number of carbonyl (C=O) groups excluding carboxylic acids is 1. The van der Waals surface area contributed by atoms with Gasteiger partial charge in [0, 0.05) is 49.5 Å². The van der Waals surface area contributed by atoms with E-state index in [4.69, 9.17) is 14.2 Å². The number of hydrogen-bond acceptors (Lipinski definition) is 6. The van der Waals surface area contributed by atoms with E-state index in [0.29, 0.717) is 36.0 Å². The maximum Gasteiger partial charge on any atom is 0.249 e. The van der Waals surface area contributed by atoms with Gasteiger partial charge >= 0.3 is 0 Å². The van der Waals surface area contributed by atoms with Crippen molar-refractivity contribution in [1.82, 2.24) is 19.9 Å². The molecule has 1 fully saturated rings. The summed E-state index contributed by atoms with van der Waals surface area (Å²) >= 11 is 0. The van der Waals surface area contributed by atoms with Crippen molar-refractivity contribution in [3.05, 3.63) is 60.0 Å². The molecule has 0 saturated carbocycles. The van der Waals surface area contributed by atoms with Gasteiger partial charge in [-0.3, -0.25) is 4.79 Å². The lowest BCUT2D eigenvalue weighted by Gasteiger charge is -2.24. The first-order valence-electron chi connectivity index (χ1n) is 12.5. The molecule has 2 atom stereocenters. The van der Waals surface area contributed by atoms with E-state index in [0.717, 1.165) is 48.3 Å². The quantitative estimate of drug-likeness (QED) is 0.486. The van der Waals surface area contributed by atoms with Gasteiger partial charge in [-0.1, -0.05) is 13.0 Å². The molecule has 8 heteroatoms. The van der Waals surface area contributed by atoms with Crippen molar-refractivity contribution in [2.75, 3.05) is 26.8 Å². The number of aromatic amines is 1. The van der Waals surface area contributed by atoms with Crippen LogP contribution < -0.4 is 9.47 Å². The second-order valence-corrected chi connectivity index (χ2v) is 9.50. The highest BCUT2D eigenvalue weighted by molar-refractivity contribution is 5.94. The van der Waals surface area contributed by atoms with Crippen molar-refractivity contribution >= 4 is 17.1 Å². The molecule has 8 nitrogen and oxygen atoms in total. The van der Waals surface area contributed by atoms with Crippen molar-refractivity contribution in [2.45, 2.75) is 39.2 Å². The smallest absolute Gasteiger partial charge is 0.249 e. The minimum atomic E-state index is -0.134. The highest BCUT2D eigenvalue weighted by Crippen LogP contribution is 2.34. The number of amides is 1. The van der Waals surface area contributed by atoms with Crippen LogP contribution in [-0.2, 0) is 9.53 Å². The highest BCUT2D eigenvalue weighted by Gasteiger charge is 2.26. The SMILES string of the molecule is COC[C@H](C)Oc1cc(OC2=CC=C(C(=O)N3CCCC3)CC2C)cc(-c2nc3ncccc3[nH]2)c1. The number of likely N-dealkylation sites (tertiary alicyclic amines) is 1. The van der Waals surface area contributed by atoms with Gasteiger partial charge in [0.15, 0.2) is 5.65 Å². The van der Waals surface area contributed by atoms with Crippen molar-refractivity contribution in [2.24, 2.45) is 5.92 Å². The van der Waals surface area contributed by atoms with Gasteiger partial charge in [-0.15, -0.1) is 0 Å². The summed E-state index contributed by atoms with van der Waals surface area (Å²) < 4.78 is 17.7. The molecule has 188 valence electrons. The fourth-order valence-electron chi connectivity index (χ4n) is 4.72. The van der Waals surface area contributed by atoms with E-state index in [2.05, 4.69) is 21.9 Å². The maximum absolute atomic E-state index is 12.8. The van der Waals surface area contributed by atoms with Crippen LogP contribution in [0, 0.1) is 5.92 Å². The molecule has 3 heterocycles. The van der Waals surface area contributed by atoms with Crippen LogP contribution in [0.3, 0.4) is 0 Å². The molecule has 36 heavy (non-hydrogen) atoms. The summed E-state index contributed by atoms with van der Waals surface area (Å²) in [5, 5.41) is 0. The van der Waals surface area contributed by atoms with Gasteiger partial charge in [0.2, 0.25) is 5.91 Å². The Balaban J connectivity index is 1.43. The molecule has 1 amide bonds. The highest BCUT2D eigenvalue weighted by atomic mass is 16.5. The number of nitrogens with one attached hydrogen (secondary N) is 1. The Morgan fingerprint density at radius 3 is 2.75 bits per heavy atom. The monoisotopic (exact) mass is 488 g/mol. The minimum Gasteiger partial charge on any atom is -0.488 e. The van der Waals surface area contributed by atoms with Gasteiger partial charge in [0.05, 0.1) is 12.1 Å². The molecule has 1 aromatic carbocycles. The average Bonchev–Trinajstić information content (AvgIpc) is 3.55. The number of nitrogens with zero attached hydrogens (tertiary/aromatic N) is 3. The molecule has 1 aliphatic heterocycles. The number of imidazole rings is 1. The molecule has 1 unspecified atom stereocenters. The first-order chi connectivity index (χ1) is 17.5. The Kier molecular flexibility index (Phi) is 7.04. The number of pyridine rings is 1. The first kappa shape index (κ1) is 24.1. The van der Waals surface area contributed by atoms with Crippen LogP contribution in [0.25, 0.3) is 22.6 Å². The molecule has 2 aromatic heterocycles. The number of fused-ring (bicyclic) bond motifs is 1. The second kappa shape index (κ2) is 10.5. The van der Waals surface area contributed by atoms with Crippen molar-refractivity contribution < 1.29 is 19.0 Å². The normalized spacial score (nSPS) is 18.6. The minimum absolute atomic E-state index is 0.0763. The van der Waals surface area contributed by atoms with E-state index in [-0.39, 0.29) is 17.9 Å². The van der Waals surface area contributed by atoms with Gasteiger partial charge < -0.3 is 24.1 Å². The lowest BCUT2D eigenvalue weighted by molar-refractivity contribution is -0.126. The largest absolute Gasteiger partial charge is 0.488 e. The van der Waals surface area contributed by atoms with E-state index in [1.165, 1.54) is 0 Å². The summed E-state index contributed by atoms with van der Waals surface area (Å²) in [6, 6.07) is 9.56. The van der Waals surface area contributed by atoms with E-state index >= 15 is 0 Å². The fraction of sp³-hybridized carbons (Fsp3) is 0.393. The summed E-state index contributed by atoms with van der Waals surface area (Å²) in [4.78, 5) is 27.1. The van der Waals surface area contributed by atoms with E-state index in [9.17, 15) is 4.79 Å². The molecule has 0 radical (unpaired) electrons. The first-order valence-corrected chi connectivity index (χ1v) is 12.5. The summed E-state index contributed by atoms with van der Waals surface area (Å²) in [5.41, 5.74) is 3.18. The number of ether oxygens (including phenoxy) is 3.